The average Bonchev–Trinajstić information content (AvgIpc) is 3.13. The topological polar surface area (TPSA) is 3.24 Å². The van der Waals surface area contributed by atoms with Crippen LogP contribution in [0.15, 0.2) is 188 Å². The predicted octanol–water partition coefficient (Wildman–Crippen LogP) is 12.5. The first kappa shape index (κ1) is 26.7. The lowest BCUT2D eigenvalue weighted by Gasteiger charge is -2.27. The highest BCUT2D eigenvalue weighted by molar-refractivity contribution is 5.99. The van der Waals surface area contributed by atoms with E-state index < -0.39 is 0 Å². The van der Waals surface area contributed by atoms with E-state index in [1.54, 1.807) is 0 Å². The molecule has 0 saturated carbocycles. The Kier molecular flexibility index (Phi) is 6.90. The summed E-state index contributed by atoms with van der Waals surface area (Å²) >= 11 is 0. The van der Waals surface area contributed by atoms with Crippen LogP contribution in [-0.4, -0.2) is 0 Å². The van der Waals surface area contributed by atoms with Crippen LogP contribution in [0.25, 0.3) is 54.9 Å². The summed E-state index contributed by atoms with van der Waals surface area (Å²) in [5.74, 6) is 0. The van der Waals surface area contributed by atoms with Gasteiger partial charge in [-0.3, -0.25) is 0 Å². The van der Waals surface area contributed by atoms with Crippen LogP contribution in [0.4, 0.5) is 17.1 Å². The third-order valence-corrected chi connectivity index (χ3v) is 8.66. The molecule has 0 unspecified atom stereocenters. The van der Waals surface area contributed by atoms with Crippen molar-refractivity contribution in [1.82, 2.24) is 0 Å². The van der Waals surface area contributed by atoms with Gasteiger partial charge in [-0.05, 0) is 85.9 Å². The molecular weight excluding hydrogens is 542 g/mol. The van der Waals surface area contributed by atoms with E-state index in [4.69, 9.17) is 0 Å². The van der Waals surface area contributed by atoms with Crippen molar-refractivity contribution >= 4 is 38.6 Å². The van der Waals surface area contributed by atoms with Gasteiger partial charge in [0.05, 0.1) is 5.69 Å². The molecule has 212 valence electrons. The molecule has 0 saturated heterocycles. The molecule has 0 heterocycles. The van der Waals surface area contributed by atoms with Crippen LogP contribution in [0.1, 0.15) is 0 Å². The van der Waals surface area contributed by atoms with Crippen molar-refractivity contribution in [1.29, 1.82) is 0 Å². The Bertz CT molecular complexity index is 2240. The van der Waals surface area contributed by atoms with Crippen LogP contribution in [-0.2, 0) is 0 Å². The number of fused-ring (bicyclic) bond motifs is 2. The summed E-state index contributed by atoms with van der Waals surface area (Å²) in [5, 5.41) is 4.98. The lowest BCUT2D eigenvalue weighted by atomic mass is 9.95. The van der Waals surface area contributed by atoms with Crippen molar-refractivity contribution in [3.8, 4) is 33.4 Å². The Morgan fingerprint density at radius 2 is 0.756 bits per heavy atom. The molecule has 0 N–H and O–H groups in total. The zero-order valence-electron chi connectivity index (χ0n) is 24.8. The van der Waals surface area contributed by atoms with Crippen molar-refractivity contribution in [2.75, 3.05) is 4.90 Å². The summed E-state index contributed by atoms with van der Waals surface area (Å²) in [6.45, 7) is 0. The zero-order valence-corrected chi connectivity index (χ0v) is 24.8. The number of rotatable bonds is 6. The highest BCUT2D eigenvalue weighted by atomic mass is 15.1. The highest BCUT2D eigenvalue weighted by Gasteiger charge is 2.16. The Morgan fingerprint density at radius 3 is 1.47 bits per heavy atom. The lowest BCUT2D eigenvalue weighted by molar-refractivity contribution is 1.30. The normalized spacial score (nSPS) is 11.1. The van der Waals surface area contributed by atoms with Crippen LogP contribution in [0.5, 0.6) is 0 Å². The van der Waals surface area contributed by atoms with Gasteiger partial charge in [-0.1, -0.05) is 152 Å². The van der Waals surface area contributed by atoms with Gasteiger partial charge in [0.15, 0.2) is 0 Å². The standard InChI is InChI=1S/C44H31N/c1-2-11-32(12-3-1)33-23-27-39(28-24-33)45(44-22-10-16-36-14-5-7-20-43(36)44)40-29-25-34(26-30-40)37-17-8-18-38(31-37)42-21-9-15-35-13-4-6-19-41(35)42/h1-31H. The molecule has 0 fully saturated rings. The number of anilines is 3. The lowest BCUT2D eigenvalue weighted by Crippen LogP contribution is -2.10. The number of hydrogen-bond acceptors (Lipinski definition) is 1. The molecule has 8 aromatic carbocycles. The van der Waals surface area contributed by atoms with Gasteiger partial charge in [0.1, 0.15) is 0 Å². The number of nitrogens with zero attached hydrogens (tertiary/aromatic N) is 1. The van der Waals surface area contributed by atoms with Crippen molar-refractivity contribution in [3.63, 3.8) is 0 Å². The van der Waals surface area contributed by atoms with E-state index in [-0.39, 0.29) is 0 Å². The van der Waals surface area contributed by atoms with Crippen molar-refractivity contribution in [2.45, 2.75) is 0 Å². The van der Waals surface area contributed by atoms with Crippen molar-refractivity contribution < 1.29 is 0 Å². The summed E-state index contributed by atoms with van der Waals surface area (Å²) in [6.07, 6.45) is 0. The molecule has 1 heteroatoms. The maximum Gasteiger partial charge on any atom is 0.0540 e. The monoisotopic (exact) mass is 573 g/mol. The molecule has 0 aliphatic heterocycles. The second-order valence-corrected chi connectivity index (χ2v) is 11.4. The van der Waals surface area contributed by atoms with Gasteiger partial charge in [-0.2, -0.15) is 0 Å². The van der Waals surface area contributed by atoms with E-state index in [1.807, 2.05) is 0 Å². The van der Waals surface area contributed by atoms with E-state index in [9.17, 15) is 0 Å². The molecule has 0 aliphatic rings. The molecule has 0 spiro atoms. The van der Waals surface area contributed by atoms with Gasteiger partial charge in [0.2, 0.25) is 0 Å². The Labute approximate surface area is 264 Å². The van der Waals surface area contributed by atoms with Gasteiger partial charge in [0.25, 0.3) is 0 Å². The molecule has 0 radical (unpaired) electrons. The minimum atomic E-state index is 1.12. The first-order valence-corrected chi connectivity index (χ1v) is 15.4. The van der Waals surface area contributed by atoms with Gasteiger partial charge in [-0.25, -0.2) is 0 Å². The largest absolute Gasteiger partial charge is 0.310 e. The summed E-state index contributed by atoms with van der Waals surface area (Å²) in [4.78, 5) is 2.37. The number of hydrogen-bond donors (Lipinski definition) is 0. The fraction of sp³-hybridized carbons (Fsp3) is 0. The second kappa shape index (κ2) is 11.6. The van der Waals surface area contributed by atoms with E-state index in [0.29, 0.717) is 0 Å². The summed E-state index contributed by atoms with van der Waals surface area (Å²) < 4.78 is 0. The molecule has 1 nitrogen and oxygen atoms in total. The first-order chi connectivity index (χ1) is 22.3. The number of benzene rings is 8. The maximum absolute atomic E-state index is 2.37. The SMILES string of the molecule is c1ccc(-c2ccc(N(c3ccc(-c4cccc(-c5cccc6ccccc56)c4)cc3)c3cccc4ccccc34)cc2)cc1. The van der Waals surface area contributed by atoms with Crippen LogP contribution >= 0.6 is 0 Å². The molecule has 8 rings (SSSR count). The third kappa shape index (κ3) is 5.15. The van der Waals surface area contributed by atoms with Gasteiger partial charge in [-0.15, -0.1) is 0 Å². The predicted molar refractivity (Wildman–Crippen MR) is 192 cm³/mol. The average molecular weight is 574 g/mol. The molecule has 0 atom stereocenters. The molecular formula is C44H31N. The maximum atomic E-state index is 2.37. The summed E-state index contributed by atoms with van der Waals surface area (Å²) in [5.41, 5.74) is 10.7. The highest BCUT2D eigenvalue weighted by Crippen LogP contribution is 2.40. The quantitative estimate of drug-likeness (QED) is 0.191. The van der Waals surface area contributed by atoms with E-state index >= 15 is 0 Å². The molecule has 0 aliphatic carbocycles. The van der Waals surface area contributed by atoms with Crippen LogP contribution in [0.2, 0.25) is 0 Å². The van der Waals surface area contributed by atoms with Gasteiger partial charge in [0, 0.05) is 16.8 Å². The van der Waals surface area contributed by atoms with E-state index in [0.717, 1.165) is 17.1 Å². The molecule has 0 aromatic heterocycles. The van der Waals surface area contributed by atoms with Gasteiger partial charge >= 0.3 is 0 Å². The van der Waals surface area contributed by atoms with Crippen LogP contribution in [0.3, 0.4) is 0 Å². The third-order valence-electron chi connectivity index (χ3n) is 8.66. The minimum absolute atomic E-state index is 1.12. The van der Waals surface area contributed by atoms with Gasteiger partial charge < -0.3 is 4.90 Å². The summed E-state index contributed by atoms with van der Waals surface area (Å²) in [7, 11) is 0. The fourth-order valence-corrected chi connectivity index (χ4v) is 6.41. The van der Waals surface area contributed by atoms with Crippen LogP contribution < -0.4 is 4.90 Å². The molecule has 8 aromatic rings. The fourth-order valence-electron chi connectivity index (χ4n) is 6.41. The molecule has 0 amide bonds. The first-order valence-electron chi connectivity index (χ1n) is 15.4. The van der Waals surface area contributed by atoms with E-state index in [2.05, 4.69) is 193 Å². The van der Waals surface area contributed by atoms with E-state index in [1.165, 1.54) is 54.9 Å². The zero-order chi connectivity index (χ0) is 30.0. The van der Waals surface area contributed by atoms with Crippen molar-refractivity contribution in [3.05, 3.63) is 188 Å². The minimum Gasteiger partial charge on any atom is -0.310 e. The molecule has 0 bridgehead atoms. The summed E-state index contributed by atoms with van der Waals surface area (Å²) in [6, 6.07) is 67.6. The van der Waals surface area contributed by atoms with Crippen LogP contribution in [0, 0.1) is 0 Å². The Morgan fingerprint density at radius 1 is 0.289 bits per heavy atom. The van der Waals surface area contributed by atoms with Crippen molar-refractivity contribution in [2.24, 2.45) is 0 Å². The smallest absolute Gasteiger partial charge is 0.0540 e. The Hall–Kier alpha value is -5.92. The second-order valence-electron chi connectivity index (χ2n) is 11.4. The molecule has 45 heavy (non-hydrogen) atoms. The Balaban J connectivity index is 1.19.